The highest BCUT2D eigenvalue weighted by Gasteiger charge is 2.43. The molecule has 26 heavy (non-hydrogen) atoms. The third kappa shape index (κ3) is 6.18. The number of carboxylic acid groups (broad SMARTS) is 1. The van der Waals surface area contributed by atoms with E-state index in [1.807, 2.05) is 34.6 Å². The van der Waals surface area contributed by atoms with Crippen molar-refractivity contribution in [1.29, 1.82) is 0 Å². The number of thioether (sulfide) groups is 1. The molecule has 0 aromatic carbocycles. The smallest absolute Gasteiger partial charge is 0.307 e. The van der Waals surface area contributed by atoms with Crippen LogP contribution in [0.5, 0.6) is 0 Å². The van der Waals surface area contributed by atoms with Crippen molar-refractivity contribution in [3.8, 4) is 0 Å². The van der Waals surface area contributed by atoms with Crippen LogP contribution >= 0.6 is 11.8 Å². The van der Waals surface area contributed by atoms with Crippen LogP contribution in [0.25, 0.3) is 0 Å². The number of likely N-dealkylation sites (N-methyl/N-ethyl adjacent to an activating group) is 1. The number of carbonyl (C=O) groups is 3. The van der Waals surface area contributed by atoms with Crippen molar-refractivity contribution in [1.82, 2.24) is 10.6 Å². The van der Waals surface area contributed by atoms with Crippen molar-refractivity contribution in [2.45, 2.75) is 53.5 Å². The van der Waals surface area contributed by atoms with Crippen LogP contribution in [-0.2, 0) is 14.4 Å². The monoisotopic (exact) mass is 386 g/mol. The van der Waals surface area contributed by atoms with Crippen molar-refractivity contribution in [2.24, 2.45) is 29.1 Å². The average molecular weight is 387 g/mol. The first-order chi connectivity index (χ1) is 12.0. The molecule has 1 rings (SSSR count). The van der Waals surface area contributed by atoms with E-state index in [4.69, 9.17) is 0 Å². The Kier molecular flexibility index (Phi) is 8.44. The summed E-state index contributed by atoms with van der Waals surface area (Å²) in [6.45, 7) is 9.62. The zero-order valence-corrected chi connectivity index (χ0v) is 17.6. The molecule has 1 aliphatic heterocycles. The molecule has 4 atom stereocenters. The molecule has 0 aliphatic carbocycles. The minimum atomic E-state index is -0.912. The molecule has 1 heterocycles. The van der Waals surface area contributed by atoms with Crippen LogP contribution in [0.3, 0.4) is 0 Å². The molecule has 1 aliphatic rings. The lowest BCUT2D eigenvalue weighted by Crippen LogP contribution is -2.55. The van der Waals surface area contributed by atoms with E-state index >= 15 is 0 Å². The number of carbonyl (C=O) groups excluding carboxylic acids is 2. The Labute approximate surface area is 161 Å². The first-order valence-electron chi connectivity index (χ1n) is 9.31. The normalized spacial score (nSPS) is 21.1. The first kappa shape index (κ1) is 22.8. The van der Waals surface area contributed by atoms with Gasteiger partial charge in [0.05, 0.1) is 11.8 Å². The predicted octanol–water partition coefficient (Wildman–Crippen LogP) is 2.38. The van der Waals surface area contributed by atoms with Crippen LogP contribution in [0.15, 0.2) is 0 Å². The number of carboxylic acids is 1. The maximum absolute atomic E-state index is 13.1. The molecule has 0 saturated carbocycles. The summed E-state index contributed by atoms with van der Waals surface area (Å²) in [6.07, 6.45) is 1.32. The van der Waals surface area contributed by atoms with E-state index in [-0.39, 0.29) is 23.7 Å². The molecule has 1 saturated heterocycles. The summed E-state index contributed by atoms with van der Waals surface area (Å²) >= 11 is 1.74. The van der Waals surface area contributed by atoms with Gasteiger partial charge >= 0.3 is 5.97 Å². The highest BCUT2D eigenvalue weighted by atomic mass is 32.2. The van der Waals surface area contributed by atoms with Gasteiger partial charge in [0, 0.05) is 7.05 Å². The van der Waals surface area contributed by atoms with Crippen molar-refractivity contribution < 1.29 is 19.5 Å². The summed E-state index contributed by atoms with van der Waals surface area (Å²) in [5, 5.41) is 15.3. The molecule has 7 heteroatoms. The molecular formula is C19H34N2O4S. The Hall–Kier alpha value is -1.24. The second-order valence-corrected chi connectivity index (χ2v) is 9.80. The summed E-state index contributed by atoms with van der Waals surface area (Å²) in [5.41, 5.74) is -0.472. The number of aliphatic carboxylic acids is 1. The summed E-state index contributed by atoms with van der Waals surface area (Å²) in [5.74, 6) is -0.947. The fourth-order valence-corrected chi connectivity index (χ4v) is 4.84. The Balaban J connectivity index is 3.10. The molecule has 0 bridgehead atoms. The molecule has 6 nitrogen and oxygen atoms in total. The van der Waals surface area contributed by atoms with Gasteiger partial charge in [-0.05, 0) is 41.6 Å². The van der Waals surface area contributed by atoms with Gasteiger partial charge in [-0.3, -0.25) is 14.4 Å². The quantitative estimate of drug-likeness (QED) is 0.595. The van der Waals surface area contributed by atoms with Crippen molar-refractivity contribution in [3.63, 3.8) is 0 Å². The molecule has 3 N–H and O–H groups in total. The zero-order valence-electron chi connectivity index (χ0n) is 16.8. The van der Waals surface area contributed by atoms with E-state index in [0.29, 0.717) is 6.42 Å². The van der Waals surface area contributed by atoms with Gasteiger partial charge in [-0.1, -0.05) is 34.6 Å². The number of hydrogen-bond acceptors (Lipinski definition) is 4. The van der Waals surface area contributed by atoms with Crippen molar-refractivity contribution in [3.05, 3.63) is 0 Å². The topological polar surface area (TPSA) is 95.5 Å². The summed E-state index contributed by atoms with van der Waals surface area (Å²) in [6, 6.07) is -0.706. The third-order valence-electron chi connectivity index (χ3n) is 4.91. The molecule has 0 radical (unpaired) electrons. The van der Waals surface area contributed by atoms with Gasteiger partial charge in [-0.25, -0.2) is 0 Å². The first-order valence-corrected chi connectivity index (χ1v) is 10.5. The van der Waals surface area contributed by atoms with Gasteiger partial charge in [0.25, 0.3) is 0 Å². The maximum atomic E-state index is 13.1. The third-order valence-corrected chi connectivity index (χ3v) is 6.10. The number of hydrogen-bond donors (Lipinski definition) is 3. The lowest BCUT2D eigenvalue weighted by molar-refractivity contribution is -0.150. The van der Waals surface area contributed by atoms with E-state index in [1.165, 1.54) is 7.05 Å². The Morgan fingerprint density at radius 2 is 1.81 bits per heavy atom. The highest BCUT2D eigenvalue weighted by Crippen LogP contribution is 2.37. The van der Waals surface area contributed by atoms with Gasteiger partial charge < -0.3 is 15.7 Å². The SMILES string of the molecule is CNC(=O)C(NC(=O)C(CC(C)C)[C@H](C(=O)O)C1CCSC1)C(C)(C)C. The van der Waals surface area contributed by atoms with Gasteiger partial charge in [0.15, 0.2) is 0 Å². The number of amides is 2. The molecule has 3 unspecified atom stereocenters. The molecular weight excluding hydrogens is 352 g/mol. The Morgan fingerprint density at radius 3 is 2.19 bits per heavy atom. The van der Waals surface area contributed by atoms with Crippen LogP contribution in [0.2, 0.25) is 0 Å². The highest BCUT2D eigenvalue weighted by molar-refractivity contribution is 7.99. The average Bonchev–Trinajstić information content (AvgIpc) is 3.03. The van der Waals surface area contributed by atoms with Crippen LogP contribution in [0, 0.1) is 29.1 Å². The molecule has 0 aromatic heterocycles. The molecule has 0 spiro atoms. The van der Waals surface area contributed by atoms with Crippen LogP contribution < -0.4 is 10.6 Å². The lowest BCUT2D eigenvalue weighted by atomic mass is 9.76. The fourth-order valence-electron chi connectivity index (χ4n) is 3.53. The lowest BCUT2D eigenvalue weighted by Gasteiger charge is -2.34. The van der Waals surface area contributed by atoms with E-state index < -0.39 is 29.3 Å². The van der Waals surface area contributed by atoms with E-state index in [1.54, 1.807) is 11.8 Å². The maximum Gasteiger partial charge on any atom is 0.307 e. The van der Waals surface area contributed by atoms with Gasteiger partial charge in [0.2, 0.25) is 11.8 Å². The van der Waals surface area contributed by atoms with E-state index in [2.05, 4.69) is 10.6 Å². The zero-order chi connectivity index (χ0) is 20.1. The predicted molar refractivity (Wildman–Crippen MR) is 105 cm³/mol. The van der Waals surface area contributed by atoms with Crippen molar-refractivity contribution in [2.75, 3.05) is 18.6 Å². The molecule has 0 aromatic rings. The summed E-state index contributed by atoms with van der Waals surface area (Å²) in [7, 11) is 1.54. The second kappa shape index (κ2) is 9.62. The minimum absolute atomic E-state index is 0.0000819. The fraction of sp³-hybridized carbons (Fsp3) is 0.842. The number of nitrogens with one attached hydrogen (secondary N) is 2. The van der Waals surface area contributed by atoms with Crippen LogP contribution in [0.1, 0.15) is 47.5 Å². The summed E-state index contributed by atoms with van der Waals surface area (Å²) in [4.78, 5) is 37.4. The molecule has 2 amide bonds. The summed E-state index contributed by atoms with van der Waals surface area (Å²) < 4.78 is 0. The molecule has 150 valence electrons. The van der Waals surface area contributed by atoms with Crippen LogP contribution in [-0.4, -0.2) is 47.5 Å². The second-order valence-electron chi connectivity index (χ2n) is 8.65. The molecule has 1 fully saturated rings. The largest absolute Gasteiger partial charge is 0.481 e. The van der Waals surface area contributed by atoms with Gasteiger partial charge in [-0.15, -0.1) is 0 Å². The Bertz CT molecular complexity index is 510. The van der Waals surface area contributed by atoms with Gasteiger partial charge in [-0.2, -0.15) is 11.8 Å². The van der Waals surface area contributed by atoms with Crippen LogP contribution in [0.4, 0.5) is 0 Å². The van der Waals surface area contributed by atoms with Crippen molar-refractivity contribution >= 4 is 29.5 Å². The Morgan fingerprint density at radius 1 is 1.19 bits per heavy atom. The van der Waals surface area contributed by atoms with Gasteiger partial charge in [0.1, 0.15) is 6.04 Å². The standard InChI is InChI=1S/C19H34N2O4S/c1-11(2)9-13(14(18(24)25)12-7-8-26-10-12)16(22)21-15(17(23)20-6)19(3,4)5/h11-15H,7-10H2,1-6H3,(H,20,23)(H,21,22)(H,24,25)/t12?,13?,14-,15?/m1/s1. The number of rotatable bonds is 8. The minimum Gasteiger partial charge on any atom is -0.481 e. The van der Waals surface area contributed by atoms with E-state index in [0.717, 1.165) is 17.9 Å². The van der Waals surface area contributed by atoms with E-state index in [9.17, 15) is 19.5 Å².